The van der Waals surface area contributed by atoms with Crippen LogP contribution in [0, 0.1) is 11.8 Å². The molecule has 180 valence electrons. The predicted octanol–water partition coefficient (Wildman–Crippen LogP) is 1.49. The number of benzene rings is 1. The van der Waals surface area contributed by atoms with Crippen molar-refractivity contribution in [1.82, 2.24) is 29.6 Å². The van der Waals surface area contributed by atoms with Crippen LogP contribution in [-0.2, 0) is 4.79 Å². The summed E-state index contributed by atoms with van der Waals surface area (Å²) in [5.41, 5.74) is 8.58. The molecule has 0 unspecified atom stereocenters. The van der Waals surface area contributed by atoms with Crippen LogP contribution in [0.3, 0.4) is 0 Å². The van der Waals surface area contributed by atoms with Crippen molar-refractivity contribution >= 4 is 34.5 Å². The second-order valence-corrected chi connectivity index (χ2v) is 8.15. The zero-order valence-electron chi connectivity index (χ0n) is 19.1. The van der Waals surface area contributed by atoms with Gasteiger partial charge in [0.25, 0.3) is 11.8 Å². The molecule has 1 aliphatic rings. The number of hydrogen-bond donors (Lipinski definition) is 3. The Balaban J connectivity index is 1.43. The fourth-order valence-electron chi connectivity index (χ4n) is 4.18. The zero-order chi connectivity index (χ0) is 25.1. The molecule has 4 heterocycles. The number of aliphatic hydroxyl groups excluding tert-OH is 1. The summed E-state index contributed by atoms with van der Waals surface area (Å²) in [6.45, 7) is 0.558. The third kappa shape index (κ3) is 4.45. The molecule has 1 aromatic carbocycles. The van der Waals surface area contributed by atoms with E-state index in [1.165, 1.54) is 6.33 Å². The summed E-state index contributed by atoms with van der Waals surface area (Å²) in [6, 6.07) is 12.1. The summed E-state index contributed by atoms with van der Waals surface area (Å²) >= 11 is 0. The largest absolute Gasteiger partial charge is 0.384 e. The van der Waals surface area contributed by atoms with Gasteiger partial charge in [-0.3, -0.25) is 9.59 Å². The van der Waals surface area contributed by atoms with E-state index in [1.54, 1.807) is 58.2 Å². The Morgan fingerprint density at radius 1 is 1.14 bits per heavy atom. The lowest BCUT2D eigenvalue weighted by atomic mass is 10.1. The van der Waals surface area contributed by atoms with Gasteiger partial charge in [0.05, 0.1) is 11.4 Å². The van der Waals surface area contributed by atoms with Gasteiger partial charge in [0, 0.05) is 30.4 Å². The van der Waals surface area contributed by atoms with E-state index in [9.17, 15) is 9.59 Å². The van der Waals surface area contributed by atoms with Crippen LogP contribution < -0.4 is 11.1 Å². The van der Waals surface area contributed by atoms with Gasteiger partial charge in [-0.25, -0.2) is 19.6 Å². The zero-order valence-corrected chi connectivity index (χ0v) is 19.1. The number of hydrogen-bond acceptors (Lipinski definition) is 8. The lowest BCUT2D eigenvalue weighted by molar-refractivity contribution is -0.124. The smallest absolute Gasteiger partial charge is 0.298 e. The normalized spacial score (nSPS) is 14.9. The van der Waals surface area contributed by atoms with E-state index < -0.39 is 0 Å². The van der Waals surface area contributed by atoms with Gasteiger partial charge in [0.15, 0.2) is 5.65 Å². The number of aromatic nitrogens is 5. The topological polar surface area (TPSA) is 152 Å². The summed E-state index contributed by atoms with van der Waals surface area (Å²) in [5.74, 6) is 4.96. The summed E-state index contributed by atoms with van der Waals surface area (Å²) in [6.07, 6.45) is 3.66. The van der Waals surface area contributed by atoms with Crippen molar-refractivity contribution < 1.29 is 14.7 Å². The molecule has 0 saturated carbocycles. The van der Waals surface area contributed by atoms with Crippen LogP contribution in [0.5, 0.6) is 0 Å². The lowest BCUT2D eigenvalue weighted by Crippen LogP contribution is -2.28. The average molecular weight is 483 g/mol. The van der Waals surface area contributed by atoms with Gasteiger partial charge in [0.1, 0.15) is 30.3 Å². The monoisotopic (exact) mass is 482 g/mol. The molecule has 1 aliphatic heterocycles. The fourth-order valence-corrected chi connectivity index (χ4v) is 4.18. The van der Waals surface area contributed by atoms with Gasteiger partial charge < -0.3 is 21.1 Å². The van der Waals surface area contributed by atoms with Crippen molar-refractivity contribution in [3.63, 3.8) is 0 Å². The Hall–Kier alpha value is -4.82. The molecule has 2 amide bonds. The molecule has 0 spiro atoms. The Morgan fingerprint density at radius 2 is 1.97 bits per heavy atom. The molecule has 11 heteroatoms. The molecule has 0 aliphatic carbocycles. The second-order valence-electron chi connectivity index (χ2n) is 8.15. The molecule has 3 aromatic heterocycles. The van der Waals surface area contributed by atoms with Crippen molar-refractivity contribution in [1.29, 1.82) is 0 Å². The first-order valence-corrected chi connectivity index (χ1v) is 11.3. The summed E-state index contributed by atoms with van der Waals surface area (Å²) < 4.78 is 1.77. The average Bonchev–Trinajstić information content (AvgIpc) is 3.54. The first-order chi connectivity index (χ1) is 17.5. The van der Waals surface area contributed by atoms with Crippen LogP contribution in [-0.4, -0.2) is 66.2 Å². The molecule has 1 saturated heterocycles. The Labute approximate surface area is 206 Å². The maximum absolute atomic E-state index is 12.6. The van der Waals surface area contributed by atoms with Gasteiger partial charge in [0.2, 0.25) is 0 Å². The molecule has 36 heavy (non-hydrogen) atoms. The minimum Gasteiger partial charge on any atom is -0.384 e. The Bertz CT molecular complexity index is 1490. The first-order valence-electron chi connectivity index (χ1n) is 11.3. The van der Waals surface area contributed by atoms with Gasteiger partial charge in [-0.05, 0) is 36.6 Å². The number of rotatable bonds is 4. The van der Waals surface area contributed by atoms with E-state index in [-0.39, 0.29) is 30.3 Å². The first kappa shape index (κ1) is 22.9. The highest BCUT2D eigenvalue weighted by atomic mass is 16.2. The number of nitrogens with zero attached hydrogens (tertiary/aromatic N) is 6. The fraction of sp³-hybridized carbons (Fsp3) is 0.200. The van der Waals surface area contributed by atoms with Crippen LogP contribution in [0.25, 0.3) is 22.3 Å². The van der Waals surface area contributed by atoms with Crippen molar-refractivity contribution in [2.75, 3.05) is 30.7 Å². The highest BCUT2D eigenvalue weighted by Crippen LogP contribution is 2.34. The number of nitrogen functional groups attached to an aromatic ring is 1. The Kier molecular flexibility index (Phi) is 6.25. The third-order valence-corrected chi connectivity index (χ3v) is 5.92. The molecule has 1 atom stereocenters. The number of carbonyl (C=O) groups excluding carboxylic acids is 2. The number of fused-ring (bicyclic) bond motifs is 1. The van der Waals surface area contributed by atoms with Crippen molar-refractivity contribution in [2.45, 2.75) is 12.5 Å². The van der Waals surface area contributed by atoms with Crippen LogP contribution in [0.15, 0.2) is 55.0 Å². The summed E-state index contributed by atoms with van der Waals surface area (Å²) in [4.78, 5) is 39.1. The van der Waals surface area contributed by atoms with Crippen LogP contribution in [0.4, 0.5) is 11.6 Å². The van der Waals surface area contributed by atoms with Crippen LogP contribution in [0.1, 0.15) is 22.8 Å². The van der Waals surface area contributed by atoms with Gasteiger partial charge >= 0.3 is 0 Å². The highest BCUT2D eigenvalue weighted by Gasteiger charge is 2.30. The van der Waals surface area contributed by atoms with Gasteiger partial charge in [-0.2, -0.15) is 5.10 Å². The number of aliphatic hydroxyl groups is 1. The van der Waals surface area contributed by atoms with E-state index >= 15 is 0 Å². The van der Waals surface area contributed by atoms with E-state index in [0.717, 1.165) is 5.56 Å². The number of anilines is 2. The number of amides is 2. The Morgan fingerprint density at radius 3 is 2.72 bits per heavy atom. The van der Waals surface area contributed by atoms with E-state index in [1.807, 2.05) is 0 Å². The van der Waals surface area contributed by atoms with Crippen LogP contribution in [0.2, 0.25) is 0 Å². The maximum Gasteiger partial charge on any atom is 0.298 e. The molecule has 4 N–H and O–H groups in total. The van der Waals surface area contributed by atoms with E-state index in [2.05, 4.69) is 32.1 Å². The number of nitrogens with one attached hydrogen (secondary N) is 1. The van der Waals surface area contributed by atoms with Crippen molar-refractivity contribution in [3.8, 4) is 23.1 Å². The molecule has 4 aromatic rings. The van der Waals surface area contributed by atoms with Crippen LogP contribution >= 0.6 is 0 Å². The second kappa shape index (κ2) is 9.81. The standard InChI is InChI=1S/C25H22N8O3/c26-23-21-22(16-6-8-17(9-7-16)25(36)30-19-4-1-2-11-27-19)31-33(24(21)29-15-28-23)18-10-12-32(14-18)20(35)5-3-13-34/h1-2,4,6-9,11,15,18,34H,10,12-14H2,(H2,26,28,29)(H,27,30,36)/t18-/m1/s1. The molecule has 0 bridgehead atoms. The molecule has 5 rings (SSSR count). The van der Waals surface area contributed by atoms with Gasteiger partial charge in [-0.15, -0.1) is 0 Å². The number of carbonyl (C=O) groups is 2. The predicted molar refractivity (Wildman–Crippen MR) is 132 cm³/mol. The van der Waals surface area contributed by atoms with Crippen molar-refractivity contribution in [3.05, 3.63) is 60.6 Å². The highest BCUT2D eigenvalue weighted by molar-refractivity contribution is 6.04. The number of pyridine rings is 1. The lowest BCUT2D eigenvalue weighted by Gasteiger charge is -2.14. The molecular formula is C25H22N8O3. The molecule has 11 nitrogen and oxygen atoms in total. The SMILES string of the molecule is Nc1ncnc2c1c(-c1ccc(C(=O)Nc3ccccn3)cc1)nn2[C@@H]1CCN(C(=O)C#CCO)C1. The molecular weight excluding hydrogens is 460 g/mol. The quantitative estimate of drug-likeness (QED) is 0.370. The minimum atomic E-state index is -0.365. The number of likely N-dealkylation sites (tertiary alicyclic amines) is 1. The third-order valence-electron chi connectivity index (χ3n) is 5.92. The van der Waals surface area contributed by atoms with E-state index in [0.29, 0.717) is 47.6 Å². The van der Waals surface area contributed by atoms with Gasteiger partial charge in [-0.1, -0.05) is 24.1 Å². The minimum absolute atomic E-state index is 0.126. The summed E-state index contributed by atoms with van der Waals surface area (Å²) in [7, 11) is 0. The molecule has 1 fully saturated rings. The molecule has 0 radical (unpaired) electrons. The maximum atomic E-state index is 12.6. The van der Waals surface area contributed by atoms with Crippen molar-refractivity contribution in [2.24, 2.45) is 0 Å². The van der Waals surface area contributed by atoms with E-state index in [4.69, 9.17) is 15.9 Å². The number of nitrogens with two attached hydrogens (primary N) is 1. The summed E-state index contributed by atoms with van der Waals surface area (Å²) in [5, 5.41) is 17.0.